The molecule has 4 nitrogen and oxygen atoms in total. The molecule has 0 bridgehead atoms. The van der Waals surface area contributed by atoms with E-state index in [1.807, 2.05) is 26.0 Å². The van der Waals surface area contributed by atoms with Gasteiger partial charge in [-0.2, -0.15) is 0 Å². The fraction of sp³-hybridized carbons (Fsp3) is 0.571. The highest BCUT2D eigenvalue weighted by molar-refractivity contribution is 5.48. The Morgan fingerprint density at radius 3 is 2.22 bits per heavy atom. The monoisotopic (exact) mass is 251 g/mol. The van der Waals surface area contributed by atoms with Crippen LogP contribution in [0.5, 0.6) is 11.5 Å². The summed E-state index contributed by atoms with van der Waals surface area (Å²) in [5.41, 5.74) is 8.11. The van der Waals surface area contributed by atoms with Gasteiger partial charge in [0.1, 0.15) is 13.2 Å². The number of rotatable bonds is 4. The summed E-state index contributed by atoms with van der Waals surface area (Å²) in [6.45, 7) is 5.78. The van der Waals surface area contributed by atoms with Crippen LogP contribution in [0.1, 0.15) is 25.0 Å². The lowest BCUT2D eigenvalue weighted by atomic mass is 9.92. The Hall–Kier alpha value is -1.26. The van der Waals surface area contributed by atoms with E-state index in [9.17, 15) is 0 Å². The molecule has 0 saturated carbocycles. The van der Waals surface area contributed by atoms with Gasteiger partial charge in [-0.15, -0.1) is 0 Å². The van der Waals surface area contributed by atoms with E-state index < -0.39 is 0 Å². The van der Waals surface area contributed by atoms with Gasteiger partial charge < -0.3 is 19.9 Å². The topological polar surface area (TPSA) is 53.7 Å². The molecule has 1 heterocycles. The van der Waals surface area contributed by atoms with Gasteiger partial charge in [0.2, 0.25) is 0 Å². The number of benzene rings is 1. The van der Waals surface area contributed by atoms with Gasteiger partial charge in [0.05, 0.1) is 6.61 Å². The summed E-state index contributed by atoms with van der Waals surface area (Å²) in [5, 5.41) is 0. The molecule has 0 unspecified atom stereocenters. The van der Waals surface area contributed by atoms with Gasteiger partial charge in [-0.1, -0.05) is 0 Å². The van der Waals surface area contributed by atoms with Crippen LogP contribution in [0.15, 0.2) is 12.1 Å². The maximum absolute atomic E-state index is 6.10. The van der Waals surface area contributed by atoms with Crippen LogP contribution in [0, 0.1) is 0 Å². The Labute approximate surface area is 108 Å². The second-order valence-electron chi connectivity index (χ2n) is 5.36. The number of nitrogens with two attached hydrogens (primary N) is 1. The van der Waals surface area contributed by atoms with Crippen molar-refractivity contribution < 1.29 is 14.2 Å². The van der Waals surface area contributed by atoms with E-state index in [2.05, 4.69) is 0 Å². The maximum Gasteiger partial charge on any atom is 0.161 e. The highest BCUT2D eigenvalue weighted by Crippen LogP contribution is 2.34. The van der Waals surface area contributed by atoms with Gasteiger partial charge in [0, 0.05) is 12.6 Å². The Morgan fingerprint density at radius 1 is 1.17 bits per heavy atom. The van der Waals surface area contributed by atoms with E-state index in [1.54, 1.807) is 7.11 Å². The molecule has 1 aliphatic heterocycles. The molecule has 0 atom stereocenters. The van der Waals surface area contributed by atoms with Crippen molar-refractivity contribution in [3.05, 3.63) is 23.3 Å². The van der Waals surface area contributed by atoms with Crippen LogP contribution in [0.3, 0.4) is 0 Å². The summed E-state index contributed by atoms with van der Waals surface area (Å²) < 4.78 is 16.4. The molecule has 1 aromatic carbocycles. The molecule has 0 saturated heterocycles. The smallest absolute Gasteiger partial charge is 0.161 e. The van der Waals surface area contributed by atoms with E-state index in [1.165, 1.54) is 0 Å². The van der Waals surface area contributed by atoms with E-state index in [0.29, 0.717) is 19.8 Å². The Bertz CT molecular complexity index is 424. The first-order valence-corrected chi connectivity index (χ1v) is 6.19. The summed E-state index contributed by atoms with van der Waals surface area (Å²) in [6, 6.07) is 4.02. The molecule has 1 aliphatic rings. The molecule has 2 N–H and O–H groups in total. The molecular formula is C14H21NO3. The van der Waals surface area contributed by atoms with Gasteiger partial charge in [0.15, 0.2) is 11.5 Å². The van der Waals surface area contributed by atoms with Gasteiger partial charge in [-0.3, -0.25) is 0 Å². The third-order valence-corrected chi connectivity index (χ3v) is 2.81. The predicted octanol–water partition coefficient (Wildman–Crippen LogP) is 1.88. The summed E-state index contributed by atoms with van der Waals surface area (Å²) in [5.74, 6) is 1.60. The first-order valence-electron chi connectivity index (χ1n) is 6.19. The van der Waals surface area contributed by atoms with Crippen molar-refractivity contribution in [1.82, 2.24) is 0 Å². The molecule has 2 rings (SSSR count). The van der Waals surface area contributed by atoms with Crippen LogP contribution in [0.2, 0.25) is 0 Å². The Kier molecular flexibility index (Phi) is 3.78. The lowest BCUT2D eigenvalue weighted by Gasteiger charge is -2.24. The molecule has 100 valence electrons. The molecule has 18 heavy (non-hydrogen) atoms. The normalized spacial score (nSPS) is 14.7. The number of hydrogen-bond acceptors (Lipinski definition) is 4. The van der Waals surface area contributed by atoms with Crippen LogP contribution in [0.25, 0.3) is 0 Å². The van der Waals surface area contributed by atoms with E-state index in [0.717, 1.165) is 29.0 Å². The minimum Gasteiger partial charge on any atom is -0.486 e. The quantitative estimate of drug-likeness (QED) is 0.887. The third kappa shape index (κ3) is 3.15. The van der Waals surface area contributed by atoms with Crippen molar-refractivity contribution >= 4 is 0 Å². The van der Waals surface area contributed by atoms with Crippen LogP contribution in [-0.4, -0.2) is 25.9 Å². The van der Waals surface area contributed by atoms with E-state index >= 15 is 0 Å². The number of methoxy groups -OCH3 is 1. The van der Waals surface area contributed by atoms with Crippen molar-refractivity contribution in [2.75, 3.05) is 20.3 Å². The third-order valence-electron chi connectivity index (χ3n) is 2.81. The molecule has 0 aromatic heterocycles. The first kappa shape index (κ1) is 13.2. The number of hydrogen-bond donors (Lipinski definition) is 1. The maximum atomic E-state index is 6.10. The average Bonchev–Trinajstić information content (AvgIpc) is 2.28. The summed E-state index contributed by atoms with van der Waals surface area (Å²) in [7, 11) is 1.69. The van der Waals surface area contributed by atoms with E-state index in [-0.39, 0.29) is 5.54 Å². The zero-order valence-electron chi connectivity index (χ0n) is 11.3. The fourth-order valence-corrected chi connectivity index (χ4v) is 2.12. The van der Waals surface area contributed by atoms with Crippen molar-refractivity contribution in [3.8, 4) is 11.5 Å². The summed E-state index contributed by atoms with van der Waals surface area (Å²) in [4.78, 5) is 0. The zero-order chi connectivity index (χ0) is 13.2. The first-order chi connectivity index (χ1) is 8.49. The highest BCUT2D eigenvalue weighted by atomic mass is 16.6. The second-order valence-corrected chi connectivity index (χ2v) is 5.36. The van der Waals surface area contributed by atoms with Gasteiger partial charge in [-0.05, 0) is 43.5 Å². The van der Waals surface area contributed by atoms with Crippen molar-refractivity contribution in [2.24, 2.45) is 5.73 Å². The minimum absolute atomic E-state index is 0.258. The minimum atomic E-state index is -0.258. The Balaban J connectivity index is 2.35. The predicted molar refractivity (Wildman–Crippen MR) is 70.1 cm³/mol. The molecule has 4 heteroatoms. The lowest BCUT2D eigenvalue weighted by Crippen LogP contribution is -2.34. The molecule has 1 aromatic rings. The average molecular weight is 251 g/mol. The number of ether oxygens (including phenoxy) is 3. The summed E-state index contributed by atoms with van der Waals surface area (Å²) in [6.07, 6.45) is 0.780. The molecule has 0 aliphatic carbocycles. The van der Waals surface area contributed by atoms with E-state index in [4.69, 9.17) is 19.9 Å². The Morgan fingerprint density at radius 2 is 1.72 bits per heavy atom. The molecule has 0 amide bonds. The van der Waals surface area contributed by atoms with Crippen LogP contribution in [-0.2, 0) is 17.8 Å². The van der Waals surface area contributed by atoms with Crippen LogP contribution >= 0.6 is 0 Å². The molecular weight excluding hydrogens is 230 g/mol. The summed E-state index contributed by atoms with van der Waals surface area (Å²) >= 11 is 0. The van der Waals surface area contributed by atoms with Gasteiger partial charge in [-0.25, -0.2) is 0 Å². The van der Waals surface area contributed by atoms with Crippen LogP contribution in [0.4, 0.5) is 0 Å². The molecule has 0 fully saturated rings. The van der Waals surface area contributed by atoms with Gasteiger partial charge in [0.25, 0.3) is 0 Å². The second kappa shape index (κ2) is 5.16. The highest BCUT2D eigenvalue weighted by Gasteiger charge is 2.19. The molecule has 0 radical (unpaired) electrons. The van der Waals surface area contributed by atoms with Crippen LogP contribution < -0.4 is 15.2 Å². The van der Waals surface area contributed by atoms with Crippen molar-refractivity contribution in [3.63, 3.8) is 0 Å². The lowest BCUT2D eigenvalue weighted by molar-refractivity contribution is 0.166. The fourth-order valence-electron chi connectivity index (χ4n) is 2.12. The van der Waals surface area contributed by atoms with Gasteiger partial charge >= 0.3 is 0 Å². The number of fused-ring (bicyclic) bond motifs is 1. The van der Waals surface area contributed by atoms with Crippen molar-refractivity contribution in [2.45, 2.75) is 32.4 Å². The standard InChI is InChI=1S/C14H21NO3/c1-14(2,15)8-10-6-12-13(18-5-4-17-12)7-11(10)9-16-3/h6-7H,4-5,8-9,15H2,1-3H3. The SMILES string of the molecule is COCc1cc2c(cc1CC(C)(C)N)OCCO2. The van der Waals surface area contributed by atoms with Crippen molar-refractivity contribution in [1.29, 1.82) is 0 Å². The zero-order valence-corrected chi connectivity index (χ0v) is 11.3. The molecule has 0 spiro atoms. The largest absolute Gasteiger partial charge is 0.486 e.